The molecule has 1 fully saturated rings. The summed E-state index contributed by atoms with van der Waals surface area (Å²) in [6.07, 6.45) is 1.04. The van der Waals surface area contributed by atoms with Crippen molar-refractivity contribution in [3.05, 3.63) is 29.3 Å². The topological polar surface area (TPSA) is 36.3 Å². The molecule has 1 atom stereocenters. The van der Waals surface area contributed by atoms with Crippen LogP contribution >= 0.6 is 0 Å². The normalized spacial score (nSPS) is 19.4. The number of hydrogen-bond donors (Lipinski definition) is 0. The molecule has 0 amide bonds. The van der Waals surface area contributed by atoms with E-state index in [1.165, 1.54) is 5.56 Å². The smallest absolute Gasteiger partial charge is 0.101 e. The summed E-state index contributed by atoms with van der Waals surface area (Å²) in [5.74, 6) is 0. The van der Waals surface area contributed by atoms with E-state index in [9.17, 15) is 0 Å². The second kappa shape index (κ2) is 4.54. The van der Waals surface area contributed by atoms with Gasteiger partial charge in [0.1, 0.15) is 6.07 Å². The Morgan fingerprint density at radius 3 is 2.94 bits per heavy atom. The highest BCUT2D eigenvalue weighted by molar-refractivity contribution is 5.60. The molecule has 0 N–H and O–H groups in total. The van der Waals surface area contributed by atoms with Gasteiger partial charge in [0.2, 0.25) is 0 Å². The molecular weight excluding hydrogens is 200 g/mol. The molecule has 1 aliphatic heterocycles. The van der Waals surface area contributed by atoms with Crippen molar-refractivity contribution in [3.63, 3.8) is 0 Å². The average Bonchev–Trinajstić information content (AvgIpc) is 2.81. The molecule has 2 rings (SSSR count). The van der Waals surface area contributed by atoms with Crippen LogP contribution in [0.3, 0.4) is 0 Å². The summed E-state index contributed by atoms with van der Waals surface area (Å²) < 4.78 is 5.38. The lowest BCUT2D eigenvalue weighted by Crippen LogP contribution is -2.32. The number of rotatable bonds is 2. The molecule has 3 nitrogen and oxygen atoms in total. The van der Waals surface area contributed by atoms with Gasteiger partial charge < -0.3 is 9.64 Å². The lowest BCUT2D eigenvalue weighted by Gasteiger charge is -2.26. The van der Waals surface area contributed by atoms with Gasteiger partial charge in [-0.3, -0.25) is 0 Å². The fourth-order valence-corrected chi connectivity index (χ4v) is 2.05. The van der Waals surface area contributed by atoms with Crippen LogP contribution in [0.2, 0.25) is 0 Å². The lowest BCUT2D eigenvalue weighted by molar-refractivity contribution is 0.193. The summed E-state index contributed by atoms with van der Waals surface area (Å²) in [7, 11) is 2.04. The highest BCUT2D eigenvalue weighted by Crippen LogP contribution is 2.24. The minimum Gasteiger partial charge on any atom is -0.379 e. The van der Waals surface area contributed by atoms with Gasteiger partial charge in [-0.1, -0.05) is 6.07 Å². The lowest BCUT2D eigenvalue weighted by atomic mass is 10.1. The van der Waals surface area contributed by atoms with Crippen LogP contribution in [0.15, 0.2) is 18.2 Å². The van der Waals surface area contributed by atoms with Gasteiger partial charge >= 0.3 is 0 Å². The van der Waals surface area contributed by atoms with Gasteiger partial charge in [0.15, 0.2) is 0 Å². The SMILES string of the molecule is Cc1ccc(C#N)c(N(C)C2CCOC2)c1. The monoisotopic (exact) mass is 216 g/mol. The molecule has 0 radical (unpaired) electrons. The van der Waals surface area contributed by atoms with E-state index in [1.807, 2.05) is 26.1 Å². The predicted octanol–water partition coefficient (Wildman–Crippen LogP) is 2.09. The van der Waals surface area contributed by atoms with Crippen molar-refractivity contribution in [3.8, 4) is 6.07 Å². The van der Waals surface area contributed by atoms with Gasteiger partial charge in [-0.2, -0.15) is 5.26 Å². The number of nitriles is 1. The number of anilines is 1. The van der Waals surface area contributed by atoms with E-state index in [2.05, 4.69) is 17.0 Å². The van der Waals surface area contributed by atoms with Crippen molar-refractivity contribution in [1.82, 2.24) is 0 Å². The summed E-state index contributed by atoms with van der Waals surface area (Å²) in [4.78, 5) is 2.17. The van der Waals surface area contributed by atoms with Crippen molar-refractivity contribution in [2.24, 2.45) is 0 Å². The second-order valence-corrected chi connectivity index (χ2v) is 4.26. The molecule has 0 bridgehead atoms. The molecule has 3 heteroatoms. The first-order chi connectivity index (χ1) is 7.72. The molecule has 0 aromatic heterocycles. The molecule has 84 valence electrons. The Hall–Kier alpha value is -1.53. The molecule has 1 aromatic rings. The molecule has 0 aliphatic carbocycles. The minimum atomic E-state index is 0.397. The molecular formula is C13H16N2O. The molecule has 1 unspecified atom stereocenters. The Bertz CT molecular complexity index is 416. The predicted molar refractivity (Wildman–Crippen MR) is 63.5 cm³/mol. The zero-order valence-electron chi connectivity index (χ0n) is 9.73. The fourth-order valence-electron chi connectivity index (χ4n) is 2.05. The maximum absolute atomic E-state index is 9.09. The maximum atomic E-state index is 9.09. The third-order valence-corrected chi connectivity index (χ3v) is 3.11. The number of benzene rings is 1. The zero-order valence-corrected chi connectivity index (χ0v) is 9.73. The van der Waals surface area contributed by atoms with E-state index in [1.54, 1.807) is 0 Å². The molecule has 16 heavy (non-hydrogen) atoms. The third-order valence-electron chi connectivity index (χ3n) is 3.11. The summed E-state index contributed by atoms with van der Waals surface area (Å²) >= 11 is 0. The van der Waals surface area contributed by atoms with Crippen LogP contribution in [0.5, 0.6) is 0 Å². The number of nitrogens with zero attached hydrogens (tertiary/aromatic N) is 2. The van der Waals surface area contributed by atoms with Crippen LogP contribution < -0.4 is 4.90 Å². The number of aryl methyl sites for hydroxylation is 1. The number of hydrogen-bond acceptors (Lipinski definition) is 3. The first-order valence-corrected chi connectivity index (χ1v) is 5.53. The van der Waals surface area contributed by atoms with Crippen LogP contribution in [0.1, 0.15) is 17.5 Å². The van der Waals surface area contributed by atoms with Crippen LogP contribution in [-0.4, -0.2) is 26.3 Å². The summed E-state index contributed by atoms with van der Waals surface area (Å²) in [6, 6.07) is 8.57. The third kappa shape index (κ3) is 2.02. The quantitative estimate of drug-likeness (QED) is 0.759. The van der Waals surface area contributed by atoms with Crippen LogP contribution in [0.4, 0.5) is 5.69 Å². The summed E-state index contributed by atoms with van der Waals surface area (Å²) in [5.41, 5.74) is 2.93. The average molecular weight is 216 g/mol. The summed E-state index contributed by atoms with van der Waals surface area (Å²) in [6.45, 7) is 3.63. The Morgan fingerprint density at radius 2 is 2.31 bits per heavy atom. The molecule has 1 saturated heterocycles. The first kappa shape index (κ1) is 11.0. The van der Waals surface area contributed by atoms with Gasteiger partial charge in [0, 0.05) is 13.7 Å². The minimum absolute atomic E-state index is 0.397. The fraction of sp³-hybridized carbons (Fsp3) is 0.462. The standard InChI is InChI=1S/C13H16N2O/c1-10-3-4-11(8-14)13(7-10)15(2)12-5-6-16-9-12/h3-4,7,12H,5-6,9H2,1-2H3. The highest BCUT2D eigenvalue weighted by atomic mass is 16.5. The molecule has 1 aromatic carbocycles. The Morgan fingerprint density at radius 1 is 1.50 bits per heavy atom. The van der Waals surface area contributed by atoms with Gasteiger partial charge in [0.05, 0.1) is 23.9 Å². The van der Waals surface area contributed by atoms with E-state index >= 15 is 0 Å². The van der Waals surface area contributed by atoms with Crippen molar-refractivity contribution >= 4 is 5.69 Å². The second-order valence-electron chi connectivity index (χ2n) is 4.26. The van der Waals surface area contributed by atoms with Gasteiger partial charge in [-0.15, -0.1) is 0 Å². The summed E-state index contributed by atoms with van der Waals surface area (Å²) in [5, 5.41) is 9.09. The molecule has 1 heterocycles. The van der Waals surface area contributed by atoms with Crippen molar-refractivity contribution in [1.29, 1.82) is 5.26 Å². The first-order valence-electron chi connectivity index (χ1n) is 5.53. The van der Waals surface area contributed by atoms with Crippen LogP contribution in [0.25, 0.3) is 0 Å². The van der Waals surface area contributed by atoms with Crippen molar-refractivity contribution in [2.75, 3.05) is 25.2 Å². The van der Waals surface area contributed by atoms with E-state index < -0.39 is 0 Å². The van der Waals surface area contributed by atoms with Gasteiger partial charge in [-0.05, 0) is 31.0 Å². The van der Waals surface area contributed by atoms with Crippen LogP contribution in [0, 0.1) is 18.3 Å². The largest absolute Gasteiger partial charge is 0.379 e. The van der Waals surface area contributed by atoms with E-state index in [4.69, 9.17) is 10.00 Å². The zero-order chi connectivity index (χ0) is 11.5. The number of likely N-dealkylation sites (N-methyl/N-ethyl adjacent to an activating group) is 1. The Labute approximate surface area is 96.2 Å². The Balaban J connectivity index is 2.31. The Kier molecular flexibility index (Phi) is 3.12. The molecule has 1 aliphatic rings. The van der Waals surface area contributed by atoms with Crippen LogP contribution in [-0.2, 0) is 4.74 Å². The maximum Gasteiger partial charge on any atom is 0.101 e. The molecule has 0 spiro atoms. The van der Waals surface area contributed by atoms with Crippen molar-refractivity contribution in [2.45, 2.75) is 19.4 Å². The van der Waals surface area contributed by atoms with Gasteiger partial charge in [0.25, 0.3) is 0 Å². The number of ether oxygens (including phenoxy) is 1. The van der Waals surface area contributed by atoms with Crippen molar-refractivity contribution < 1.29 is 4.74 Å². The molecule has 0 saturated carbocycles. The van der Waals surface area contributed by atoms with E-state index in [0.29, 0.717) is 6.04 Å². The highest BCUT2D eigenvalue weighted by Gasteiger charge is 2.22. The van der Waals surface area contributed by atoms with Gasteiger partial charge in [-0.25, -0.2) is 0 Å². The van der Waals surface area contributed by atoms with E-state index in [0.717, 1.165) is 30.9 Å². The van der Waals surface area contributed by atoms with E-state index in [-0.39, 0.29) is 0 Å².